The van der Waals surface area contributed by atoms with Gasteiger partial charge in [0.05, 0.1) is 5.69 Å². The highest BCUT2D eigenvalue weighted by molar-refractivity contribution is 7.09. The van der Waals surface area contributed by atoms with Crippen LogP contribution >= 0.6 is 22.9 Å². The van der Waals surface area contributed by atoms with Crippen LogP contribution in [0.25, 0.3) is 22.6 Å². The minimum absolute atomic E-state index is 0.150. The van der Waals surface area contributed by atoms with Crippen molar-refractivity contribution in [3.8, 4) is 17.5 Å². The molecule has 0 radical (unpaired) electrons. The molecule has 0 saturated heterocycles. The average molecular weight is 414 g/mol. The summed E-state index contributed by atoms with van der Waals surface area (Å²) in [4.78, 5) is 9.81. The molecule has 0 aromatic carbocycles. The second-order valence-corrected chi connectivity index (χ2v) is 7.75. The summed E-state index contributed by atoms with van der Waals surface area (Å²) in [5.41, 5.74) is 8.51. The number of thiophene rings is 1. The predicted molar refractivity (Wildman–Crippen MR) is 108 cm³/mol. The molecule has 0 saturated carbocycles. The monoisotopic (exact) mass is 413 g/mol. The molecule has 28 heavy (non-hydrogen) atoms. The van der Waals surface area contributed by atoms with Gasteiger partial charge >= 0.3 is 0 Å². The second kappa shape index (κ2) is 7.64. The highest BCUT2D eigenvalue weighted by Crippen LogP contribution is 2.38. The van der Waals surface area contributed by atoms with Gasteiger partial charge in [0.2, 0.25) is 5.89 Å². The normalized spacial score (nSPS) is 12.2. The molecule has 4 heterocycles. The van der Waals surface area contributed by atoms with Crippen LogP contribution in [-0.2, 0) is 13.0 Å². The van der Waals surface area contributed by atoms with Gasteiger partial charge in [0, 0.05) is 30.0 Å². The zero-order chi connectivity index (χ0) is 19.7. The average Bonchev–Trinajstić information content (AvgIpc) is 3.38. The van der Waals surface area contributed by atoms with E-state index in [0.717, 1.165) is 0 Å². The molecule has 4 aromatic rings. The van der Waals surface area contributed by atoms with Crippen LogP contribution in [0.4, 0.5) is 5.69 Å². The summed E-state index contributed by atoms with van der Waals surface area (Å²) >= 11 is 7.93. The van der Waals surface area contributed by atoms with E-state index < -0.39 is 0 Å². The van der Waals surface area contributed by atoms with Gasteiger partial charge in [-0.3, -0.25) is 0 Å². The van der Waals surface area contributed by atoms with Crippen molar-refractivity contribution in [1.82, 2.24) is 9.97 Å². The van der Waals surface area contributed by atoms with Gasteiger partial charge in [-0.1, -0.05) is 17.7 Å². The number of fused-ring (bicyclic) bond motifs is 1. The number of furan rings is 1. The Morgan fingerprint density at radius 1 is 1.43 bits per heavy atom. The first-order chi connectivity index (χ1) is 13.5. The SMILES string of the molecule is C[C@H](N)Cc1oc2c(NCc3cccs3)cc(Cl)nc2c1-c1nc(C#N)co1. The molecule has 142 valence electrons. The van der Waals surface area contributed by atoms with E-state index >= 15 is 0 Å². The van der Waals surface area contributed by atoms with Crippen LogP contribution < -0.4 is 11.1 Å². The van der Waals surface area contributed by atoms with Crippen molar-refractivity contribution in [2.45, 2.75) is 25.9 Å². The third-order valence-electron chi connectivity index (χ3n) is 4.06. The van der Waals surface area contributed by atoms with Crippen molar-refractivity contribution in [2.24, 2.45) is 5.73 Å². The lowest BCUT2D eigenvalue weighted by Crippen LogP contribution is -2.17. The molecular formula is C19H16ClN5O2S. The fraction of sp³-hybridized carbons (Fsp3) is 0.211. The van der Waals surface area contributed by atoms with Gasteiger partial charge in [0.25, 0.3) is 0 Å². The van der Waals surface area contributed by atoms with Crippen molar-refractivity contribution in [3.05, 3.63) is 51.3 Å². The summed E-state index contributed by atoms with van der Waals surface area (Å²) in [5, 5.41) is 14.7. The molecular weight excluding hydrogens is 398 g/mol. The lowest BCUT2D eigenvalue weighted by molar-refractivity contribution is 0.520. The van der Waals surface area contributed by atoms with E-state index in [4.69, 9.17) is 31.4 Å². The second-order valence-electron chi connectivity index (χ2n) is 6.33. The number of pyridine rings is 1. The summed E-state index contributed by atoms with van der Waals surface area (Å²) in [6.45, 7) is 2.51. The first-order valence-corrected chi connectivity index (χ1v) is 9.80. The van der Waals surface area contributed by atoms with Crippen molar-refractivity contribution in [2.75, 3.05) is 5.32 Å². The smallest absolute Gasteiger partial charge is 0.233 e. The summed E-state index contributed by atoms with van der Waals surface area (Å²) < 4.78 is 11.6. The van der Waals surface area contributed by atoms with Crippen LogP contribution in [-0.4, -0.2) is 16.0 Å². The number of hydrogen-bond acceptors (Lipinski definition) is 8. The zero-order valence-corrected chi connectivity index (χ0v) is 16.5. The van der Waals surface area contributed by atoms with Crippen molar-refractivity contribution in [1.29, 1.82) is 5.26 Å². The molecule has 0 amide bonds. The van der Waals surface area contributed by atoms with Crippen molar-refractivity contribution >= 4 is 39.7 Å². The number of nitrogens with two attached hydrogens (primary N) is 1. The maximum absolute atomic E-state index is 9.06. The number of nitrogens with zero attached hydrogens (tertiary/aromatic N) is 3. The van der Waals surface area contributed by atoms with Gasteiger partial charge in [-0.15, -0.1) is 11.3 Å². The predicted octanol–water partition coefficient (Wildman–Crippen LogP) is 4.57. The Hall–Kier alpha value is -2.86. The number of nitrogens with one attached hydrogen (secondary N) is 1. The molecule has 7 nitrogen and oxygen atoms in total. The largest absolute Gasteiger partial charge is 0.456 e. The number of anilines is 1. The van der Waals surface area contributed by atoms with E-state index in [9.17, 15) is 0 Å². The Balaban J connectivity index is 1.85. The maximum Gasteiger partial charge on any atom is 0.233 e. The lowest BCUT2D eigenvalue weighted by atomic mass is 10.1. The summed E-state index contributed by atoms with van der Waals surface area (Å²) in [7, 11) is 0. The topological polar surface area (TPSA) is 114 Å². The number of nitriles is 1. The zero-order valence-electron chi connectivity index (χ0n) is 14.9. The lowest BCUT2D eigenvalue weighted by Gasteiger charge is -2.06. The van der Waals surface area contributed by atoms with Crippen molar-refractivity contribution < 1.29 is 8.83 Å². The number of halogens is 1. The summed E-state index contributed by atoms with van der Waals surface area (Å²) in [5.74, 6) is 0.843. The van der Waals surface area contributed by atoms with E-state index in [1.807, 2.05) is 30.5 Å². The van der Waals surface area contributed by atoms with E-state index in [1.54, 1.807) is 17.4 Å². The molecule has 3 N–H and O–H groups in total. The van der Waals surface area contributed by atoms with Gasteiger partial charge in [-0.25, -0.2) is 4.98 Å². The molecule has 0 aliphatic heterocycles. The standard InChI is InChI=1S/C19H16ClN5O2S/c1-10(22)5-14-16(19-24-11(7-21)9-26-19)17-18(27-14)13(6-15(20)25-17)23-8-12-3-2-4-28-12/h2-4,6,9-10H,5,8,22H2,1H3,(H,23,25)/t10-/m0/s1. The molecule has 4 aromatic heterocycles. The molecule has 0 spiro atoms. The van der Waals surface area contributed by atoms with Gasteiger partial charge in [-0.2, -0.15) is 10.2 Å². The van der Waals surface area contributed by atoms with Gasteiger partial charge in [0.15, 0.2) is 11.3 Å². The molecule has 0 aliphatic rings. The Morgan fingerprint density at radius 3 is 2.96 bits per heavy atom. The van der Waals surface area contributed by atoms with E-state index in [1.165, 1.54) is 11.1 Å². The Labute approximate surface area is 169 Å². The minimum Gasteiger partial charge on any atom is -0.456 e. The maximum atomic E-state index is 9.06. The number of aromatic nitrogens is 2. The van der Waals surface area contributed by atoms with Gasteiger partial charge in [-0.05, 0) is 18.4 Å². The highest BCUT2D eigenvalue weighted by atomic mass is 35.5. The van der Waals surface area contributed by atoms with Crippen molar-refractivity contribution in [3.63, 3.8) is 0 Å². The van der Waals surface area contributed by atoms with E-state index in [2.05, 4.69) is 15.3 Å². The minimum atomic E-state index is -0.150. The number of hydrogen-bond donors (Lipinski definition) is 2. The van der Waals surface area contributed by atoms with Crippen LogP contribution in [0.1, 0.15) is 23.3 Å². The van der Waals surface area contributed by atoms with Crippen LogP contribution in [0.3, 0.4) is 0 Å². The van der Waals surface area contributed by atoms with Crippen LogP contribution in [0.5, 0.6) is 0 Å². The highest BCUT2D eigenvalue weighted by Gasteiger charge is 2.25. The van der Waals surface area contributed by atoms with E-state index in [-0.39, 0.29) is 17.6 Å². The summed E-state index contributed by atoms with van der Waals surface area (Å²) in [6.07, 6.45) is 1.75. The summed E-state index contributed by atoms with van der Waals surface area (Å²) in [6, 6.07) is 7.57. The Kier molecular flexibility index (Phi) is 5.05. The van der Waals surface area contributed by atoms with Gasteiger partial charge < -0.3 is 19.9 Å². The van der Waals surface area contributed by atoms with Crippen LogP contribution in [0.2, 0.25) is 5.15 Å². The number of rotatable bonds is 6. The fourth-order valence-electron chi connectivity index (χ4n) is 2.90. The first kappa shape index (κ1) is 18.5. The number of oxazole rings is 1. The molecule has 0 unspecified atom stereocenters. The molecule has 0 fully saturated rings. The van der Waals surface area contributed by atoms with Crippen LogP contribution in [0.15, 0.2) is 38.7 Å². The Morgan fingerprint density at radius 2 is 2.29 bits per heavy atom. The molecule has 4 rings (SSSR count). The van der Waals surface area contributed by atoms with Crippen LogP contribution in [0, 0.1) is 11.3 Å². The molecule has 0 bridgehead atoms. The van der Waals surface area contributed by atoms with E-state index in [0.29, 0.717) is 46.2 Å². The Bertz CT molecular complexity index is 1160. The van der Waals surface area contributed by atoms with Gasteiger partial charge in [0.1, 0.15) is 34.3 Å². The molecule has 1 atom stereocenters. The third-order valence-corrected chi connectivity index (χ3v) is 5.13. The first-order valence-electron chi connectivity index (χ1n) is 8.55. The molecule has 9 heteroatoms. The third kappa shape index (κ3) is 3.60. The quantitative estimate of drug-likeness (QED) is 0.445. The molecule has 0 aliphatic carbocycles. The fourth-order valence-corrected chi connectivity index (χ4v) is 3.74.